The van der Waals surface area contributed by atoms with Crippen LogP contribution in [0.2, 0.25) is 0 Å². The number of aryl methyl sites for hydroxylation is 1. The van der Waals surface area contributed by atoms with Crippen molar-refractivity contribution in [3.8, 4) is 0 Å². The van der Waals surface area contributed by atoms with Crippen LogP contribution in [0, 0.1) is 6.92 Å². The summed E-state index contributed by atoms with van der Waals surface area (Å²) >= 11 is 1.09. The number of rotatable bonds is 11. The first-order valence-corrected chi connectivity index (χ1v) is 11.9. The van der Waals surface area contributed by atoms with E-state index < -0.39 is 60.0 Å². The van der Waals surface area contributed by atoms with Gasteiger partial charge in [-0.2, -0.15) is 0 Å². The minimum absolute atomic E-state index is 0.0179. The lowest BCUT2D eigenvalue weighted by molar-refractivity contribution is -0.192. The highest BCUT2D eigenvalue weighted by molar-refractivity contribution is 7.99. The van der Waals surface area contributed by atoms with Crippen molar-refractivity contribution in [1.82, 2.24) is 5.32 Å². The van der Waals surface area contributed by atoms with Crippen molar-refractivity contribution in [2.75, 3.05) is 18.9 Å². The van der Waals surface area contributed by atoms with Crippen LogP contribution in [0.4, 0.5) is 0 Å². The summed E-state index contributed by atoms with van der Waals surface area (Å²) in [6, 6.07) is 1.22. The zero-order chi connectivity index (χ0) is 25.6. The van der Waals surface area contributed by atoms with Gasteiger partial charge < -0.3 is 49.8 Å². The SMILES string of the molecule is CCOC(=O)c1cc(C(O)C(O)C(O)CNC(=O)CCSC2OC(C)C(O)C(O)C2O)oc1C. The molecule has 8 unspecified atom stereocenters. The Balaban J connectivity index is 1.78. The van der Waals surface area contributed by atoms with Crippen LogP contribution in [0.3, 0.4) is 0 Å². The molecule has 2 heterocycles. The highest BCUT2D eigenvalue weighted by Crippen LogP contribution is 2.29. The lowest BCUT2D eigenvalue weighted by atomic mass is 10.0. The fraction of sp³-hybridized carbons (Fsp3) is 0.714. The molecule has 1 aliphatic rings. The number of furan rings is 1. The highest BCUT2D eigenvalue weighted by Gasteiger charge is 2.41. The molecule has 0 aromatic carbocycles. The molecule has 1 aliphatic heterocycles. The zero-order valence-corrected chi connectivity index (χ0v) is 20.0. The number of nitrogens with one attached hydrogen (secondary N) is 1. The molecule has 0 bridgehead atoms. The number of hydrogen-bond acceptors (Lipinski definition) is 12. The predicted octanol–water partition coefficient (Wildman–Crippen LogP) is -1.41. The van der Waals surface area contributed by atoms with Crippen LogP contribution in [-0.2, 0) is 14.3 Å². The third kappa shape index (κ3) is 7.15. The van der Waals surface area contributed by atoms with E-state index in [1.54, 1.807) is 13.8 Å². The van der Waals surface area contributed by atoms with E-state index in [0.717, 1.165) is 11.8 Å². The van der Waals surface area contributed by atoms with Gasteiger partial charge in [-0.15, -0.1) is 11.8 Å². The number of aliphatic hydroxyl groups is 6. The summed E-state index contributed by atoms with van der Waals surface area (Å²) < 4.78 is 15.6. The first-order valence-electron chi connectivity index (χ1n) is 10.9. The molecule has 2 rings (SSSR count). The summed E-state index contributed by atoms with van der Waals surface area (Å²) in [5.74, 6) is -0.850. The van der Waals surface area contributed by atoms with E-state index in [0.29, 0.717) is 0 Å². The monoisotopic (exact) mass is 507 g/mol. The molecule has 34 heavy (non-hydrogen) atoms. The van der Waals surface area contributed by atoms with Crippen molar-refractivity contribution in [2.45, 2.75) is 75.4 Å². The Kier molecular flexibility index (Phi) is 10.8. The smallest absolute Gasteiger partial charge is 0.341 e. The normalized spacial score (nSPS) is 27.6. The topological polar surface area (TPSA) is 199 Å². The molecular formula is C21H33NO11S. The van der Waals surface area contributed by atoms with Crippen LogP contribution in [-0.4, -0.2) is 103 Å². The van der Waals surface area contributed by atoms with Gasteiger partial charge in [0.1, 0.15) is 59.1 Å². The average Bonchev–Trinajstić information content (AvgIpc) is 3.20. The van der Waals surface area contributed by atoms with E-state index in [1.165, 1.54) is 13.0 Å². The van der Waals surface area contributed by atoms with E-state index in [4.69, 9.17) is 13.9 Å². The van der Waals surface area contributed by atoms with Gasteiger partial charge in [0.15, 0.2) is 0 Å². The molecule has 0 spiro atoms. The minimum atomic E-state index is -1.71. The Morgan fingerprint density at radius 3 is 2.50 bits per heavy atom. The first-order chi connectivity index (χ1) is 16.0. The molecule has 13 heteroatoms. The summed E-state index contributed by atoms with van der Waals surface area (Å²) in [5.41, 5.74) is -0.730. The predicted molar refractivity (Wildman–Crippen MR) is 119 cm³/mol. The first kappa shape index (κ1) is 28.5. The van der Waals surface area contributed by atoms with Gasteiger partial charge in [-0.05, 0) is 26.8 Å². The zero-order valence-electron chi connectivity index (χ0n) is 19.2. The van der Waals surface area contributed by atoms with Crippen LogP contribution in [0.15, 0.2) is 10.5 Å². The standard InChI is InChI=1S/C21H33NO11S/c1-4-31-20(30)11-7-13(32-9(11)2)17(27)16(26)12(23)8-22-14(24)5-6-34-21-19(29)18(28)15(25)10(3)33-21/h7,10,12,15-19,21,23,25-29H,4-6,8H2,1-3H3,(H,22,24). The van der Waals surface area contributed by atoms with Crippen molar-refractivity contribution in [2.24, 2.45) is 0 Å². The van der Waals surface area contributed by atoms with E-state index in [1.807, 2.05) is 0 Å². The third-order valence-corrected chi connectivity index (χ3v) is 6.53. The molecular weight excluding hydrogens is 474 g/mol. The largest absolute Gasteiger partial charge is 0.463 e. The number of aliphatic hydroxyl groups excluding tert-OH is 6. The minimum Gasteiger partial charge on any atom is -0.463 e. The second kappa shape index (κ2) is 12.8. The number of hydrogen-bond donors (Lipinski definition) is 7. The summed E-state index contributed by atoms with van der Waals surface area (Å²) in [4.78, 5) is 23.9. The van der Waals surface area contributed by atoms with Gasteiger partial charge >= 0.3 is 5.97 Å². The Bertz CT molecular complexity index is 819. The van der Waals surface area contributed by atoms with Crippen molar-refractivity contribution < 1.29 is 54.1 Å². The fourth-order valence-corrected chi connectivity index (χ4v) is 4.44. The van der Waals surface area contributed by atoms with Gasteiger partial charge in [-0.1, -0.05) is 0 Å². The molecule has 1 saturated heterocycles. The molecule has 1 aromatic rings. The molecule has 0 saturated carbocycles. The maximum atomic E-state index is 12.1. The molecule has 0 radical (unpaired) electrons. The molecule has 194 valence electrons. The van der Waals surface area contributed by atoms with Crippen LogP contribution in [0.1, 0.15) is 48.3 Å². The van der Waals surface area contributed by atoms with E-state index in [-0.39, 0.29) is 42.4 Å². The molecule has 8 atom stereocenters. The van der Waals surface area contributed by atoms with E-state index >= 15 is 0 Å². The Morgan fingerprint density at radius 1 is 1.18 bits per heavy atom. The van der Waals surface area contributed by atoms with Crippen LogP contribution in [0.5, 0.6) is 0 Å². The van der Waals surface area contributed by atoms with Gasteiger partial charge in [-0.25, -0.2) is 4.79 Å². The summed E-state index contributed by atoms with van der Waals surface area (Å²) in [6.07, 6.45) is -9.48. The second-order valence-electron chi connectivity index (χ2n) is 7.95. The van der Waals surface area contributed by atoms with Gasteiger partial charge in [0.05, 0.1) is 12.7 Å². The number of esters is 1. The lowest BCUT2D eigenvalue weighted by Gasteiger charge is -2.38. The van der Waals surface area contributed by atoms with E-state index in [2.05, 4.69) is 5.32 Å². The quantitative estimate of drug-likeness (QED) is 0.173. The van der Waals surface area contributed by atoms with Crippen molar-refractivity contribution in [3.05, 3.63) is 23.2 Å². The maximum Gasteiger partial charge on any atom is 0.341 e. The Hall–Kier alpha value is -1.71. The lowest BCUT2D eigenvalue weighted by Crippen LogP contribution is -2.55. The fourth-order valence-electron chi connectivity index (χ4n) is 3.29. The number of thioether (sulfide) groups is 1. The van der Waals surface area contributed by atoms with Crippen molar-refractivity contribution in [3.63, 3.8) is 0 Å². The molecule has 7 N–H and O–H groups in total. The van der Waals surface area contributed by atoms with Gasteiger partial charge in [0.2, 0.25) is 5.91 Å². The van der Waals surface area contributed by atoms with Gasteiger partial charge in [-0.3, -0.25) is 4.79 Å². The molecule has 1 aromatic heterocycles. The number of ether oxygens (including phenoxy) is 2. The van der Waals surface area contributed by atoms with Crippen molar-refractivity contribution >= 4 is 23.6 Å². The molecule has 0 aliphatic carbocycles. The summed E-state index contributed by atoms with van der Waals surface area (Å²) in [5, 5.41) is 62.6. The highest BCUT2D eigenvalue weighted by atomic mass is 32.2. The molecule has 1 fully saturated rings. The molecule has 1 amide bonds. The average molecular weight is 508 g/mol. The van der Waals surface area contributed by atoms with Crippen LogP contribution >= 0.6 is 11.8 Å². The number of carbonyl (C=O) groups is 2. The van der Waals surface area contributed by atoms with Crippen molar-refractivity contribution in [1.29, 1.82) is 0 Å². The summed E-state index contributed by atoms with van der Waals surface area (Å²) in [7, 11) is 0. The van der Waals surface area contributed by atoms with Crippen LogP contribution in [0.25, 0.3) is 0 Å². The Morgan fingerprint density at radius 2 is 1.85 bits per heavy atom. The van der Waals surface area contributed by atoms with E-state index in [9.17, 15) is 40.2 Å². The second-order valence-corrected chi connectivity index (χ2v) is 9.15. The van der Waals surface area contributed by atoms with Crippen LogP contribution < -0.4 is 5.32 Å². The maximum absolute atomic E-state index is 12.1. The van der Waals surface area contributed by atoms with Gasteiger partial charge in [0.25, 0.3) is 0 Å². The number of carbonyl (C=O) groups excluding carboxylic acids is 2. The third-order valence-electron chi connectivity index (χ3n) is 5.37. The molecule has 12 nitrogen and oxygen atoms in total. The Labute approximate surface area is 200 Å². The van der Waals surface area contributed by atoms with Gasteiger partial charge in [0, 0.05) is 18.7 Å². The summed E-state index contributed by atoms with van der Waals surface area (Å²) in [6.45, 7) is 4.47. The number of amides is 1.